The molecule has 2 aliphatic rings. The zero-order valence-corrected chi connectivity index (χ0v) is 35.5. The van der Waals surface area contributed by atoms with Gasteiger partial charge in [0, 0.05) is 29.5 Å². The third-order valence-corrected chi connectivity index (χ3v) is 10.8. The number of nitrogens with zero attached hydrogens (tertiary/aromatic N) is 7. The molecule has 19 heteroatoms. The lowest BCUT2D eigenvalue weighted by Gasteiger charge is -2.47. The van der Waals surface area contributed by atoms with Crippen LogP contribution in [0.25, 0.3) is 20.9 Å². The van der Waals surface area contributed by atoms with Crippen LogP contribution in [-0.2, 0) is 64.3 Å². The summed E-state index contributed by atoms with van der Waals surface area (Å²) in [5.41, 5.74) is 22.7. The van der Waals surface area contributed by atoms with Crippen molar-refractivity contribution in [3.05, 3.63) is 164 Å². The Balaban J connectivity index is 1.16. The normalized spacial score (nSPS) is 25.1. The number of aliphatic hydroxyl groups excluding tert-OH is 2. The third-order valence-electron chi connectivity index (χ3n) is 10.8. The van der Waals surface area contributed by atoms with Gasteiger partial charge in [0.2, 0.25) is 0 Å². The standard InChI is InChI=1S/C46H53N7O12/c47-51-49-36-39(60-28-32-18-8-2-9-19-32)38(55)35(27-54)63-45(36)64-41-40(61-29-33-20-10-3-11-21-33)37(50-52-48)44(65-42(41)43(56)57)59-25-15-5-14-24-53(26-31-16-6-1-7-17-31)46(58)62-30-34-22-12-4-13-23-34/h1-4,6-13,16-23,35-42,44-45,54-55H,5,14-15,24-30H2,(H,56,57)/t35-,36-,37-,38+,39-,40-,41-,42+,44+,45-/m1/s1. The van der Waals surface area contributed by atoms with Crippen molar-refractivity contribution < 1.29 is 58.1 Å². The molecule has 2 saturated heterocycles. The molecule has 4 aromatic carbocycles. The quantitative estimate of drug-likeness (QED) is 0.0300. The van der Waals surface area contributed by atoms with Crippen molar-refractivity contribution in [3.8, 4) is 0 Å². The highest BCUT2D eigenvalue weighted by Crippen LogP contribution is 2.35. The number of carboxylic acid groups (broad SMARTS) is 1. The van der Waals surface area contributed by atoms with Gasteiger partial charge >= 0.3 is 12.1 Å². The number of unbranched alkanes of at least 4 members (excludes halogenated alkanes) is 2. The van der Waals surface area contributed by atoms with E-state index in [0.717, 1.165) is 16.7 Å². The molecule has 65 heavy (non-hydrogen) atoms. The fourth-order valence-corrected chi connectivity index (χ4v) is 7.54. The maximum absolute atomic E-state index is 13.2. The second-order valence-corrected chi connectivity index (χ2v) is 15.4. The van der Waals surface area contributed by atoms with E-state index in [1.54, 1.807) is 53.4 Å². The Labute approximate surface area is 375 Å². The van der Waals surface area contributed by atoms with Crippen LogP contribution in [0.4, 0.5) is 4.79 Å². The summed E-state index contributed by atoms with van der Waals surface area (Å²) in [6.45, 7) is 0.0914. The first-order valence-corrected chi connectivity index (χ1v) is 21.3. The molecule has 3 N–H and O–H groups in total. The molecule has 0 radical (unpaired) electrons. The van der Waals surface area contributed by atoms with Gasteiger partial charge in [0.1, 0.15) is 43.1 Å². The first kappa shape index (κ1) is 48.4. The summed E-state index contributed by atoms with van der Waals surface area (Å²) >= 11 is 0. The van der Waals surface area contributed by atoms with Crippen molar-refractivity contribution >= 4 is 12.1 Å². The van der Waals surface area contributed by atoms with Gasteiger partial charge < -0.3 is 53.4 Å². The van der Waals surface area contributed by atoms with E-state index in [4.69, 9.17) is 33.2 Å². The minimum Gasteiger partial charge on any atom is -0.479 e. The minimum atomic E-state index is -1.82. The van der Waals surface area contributed by atoms with Crippen molar-refractivity contribution in [2.24, 2.45) is 10.2 Å². The van der Waals surface area contributed by atoms with Crippen LogP contribution in [0.2, 0.25) is 0 Å². The van der Waals surface area contributed by atoms with Crippen molar-refractivity contribution in [2.45, 2.75) is 107 Å². The topological polar surface area (TPSA) is 260 Å². The number of carbonyl (C=O) groups excluding carboxylic acids is 1. The average molecular weight is 896 g/mol. The highest BCUT2D eigenvalue weighted by Gasteiger charge is 2.54. The number of carboxylic acids is 1. The molecule has 0 spiro atoms. The number of hydrogen-bond acceptors (Lipinski definition) is 13. The Hall–Kier alpha value is -6.08. The van der Waals surface area contributed by atoms with E-state index < -0.39 is 80.0 Å². The zero-order chi connectivity index (χ0) is 45.8. The largest absolute Gasteiger partial charge is 0.479 e. The highest BCUT2D eigenvalue weighted by atomic mass is 16.7. The number of aliphatic hydroxyl groups is 2. The van der Waals surface area contributed by atoms with Gasteiger partial charge in [-0.15, -0.1) is 0 Å². The van der Waals surface area contributed by atoms with Crippen molar-refractivity contribution in [2.75, 3.05) is 19.8 Å². The van der Waals surface area contributed by atoms with Gasteiger partial charge in [-0.3, -0.25) is 0 Å². The Morgan fingerprint density at radius 3 is 1.71 bits per heavy atom. The van der Waals surface area contributed by atoms with Gasteiger partial charge in [-0.25, -0.2) is 9.59 Å². The van der Waals surface area contributed by atoms with Crippen LogP contribution in [0.15, 0.2) is 132 Å². The summed E-state index contributed by atoms with van der Waals surface area (Å²) in [7, 11) is 0. The number of amides is 1. The number of ether oxygens (including phenoxy) is 7. The average Bonchev–Trinajstić information content (AvgIpc) is 3.33. The smallest absolute Gasteiger partial charge is 0.410 e. The molecular formula is C46H53N7O12. The van der Waals surface area contributed by atoms with Gasteiger partial charge in [0.25, 0.3) is 0 Å². The summed E-state index contributed by atoms with van der Waals surface area (Å²) in [4.78, 5) is 33.9. The predicted octanol–water partition coefficient (Wildman–Crippen LogP) is 6.81. The van der Waals surface area contributed by atoms with Crippen LogP contribution in [0.5, 0.6) is 0 Å². The summed E-state index contributed by atoms with van der Waals surface area (Å²) in [6.07, 6.45) is -10.8. The maximum atomic E-state index is 13.2. The molecule has 2 aliphatic heterocycles. The third kappa shape index (κ3) is 14.0. The maximum Gasteiger partial charge on any atom is 0.410 e. The second kappa shape index (κ2) is 25.4. The van der Waals surface area contributed by atoms with E-state index in [9.17, 15) is 36.0 Å². The van der Waals surface area contributed by atoms with Crippen LogP contribution in [0.1, 0.15) is 41.5 Å². The molecule has 344 valence electrons. The van der Waals surface area contributed by atoms with Gasteiger partial charge in [0.05, 0.1) is 25.9 Å². The summed E-state index contributed by atoms with van der Waals surface area (Å²) in [5, 5.41) is 39.8. The van der Waals surface area contributed by atoms with E-state index in [2.05, 4.69) is 20.1 Å². The molecule has 10 atom stereocenters. The van der Waals surface area contributed by atoms with Gasteiger partial charge in [-0.05, 0) is 52.6 Å². The van der Waals surface area contributed by atoms with Gasteiger partial charge in [0.15, 0.2) is 18.7 Å². The number of hydrogen-bond donors (Lipinski definition) is 3. The molecule has 19 nitrogen and oxygen atoms in total. The van der Waals surface area contributed by atoms with Crippen molar-refractivity contribution in [3.63, 3.8) is 0 Å². The number of azide groups is 2. The first-order valence-electron chi connectivity index (χ1n) is 21.3. The minimum absolute atomic E-state index is 0.0246. The molecule has 0 bridgehead atoms. The summed E-state index contributed by atoms with van der Waals surface area (Å²) in [5.74, 6) is -1.49. The number of rotatable bonds is 23. The number of benzene rings is 4. The molecule has 1 amide bonds. The van der Waals surface area contributed by atoms with Gasteiger partial charge in [-0.1, -0.05) is 132 Å². The predicted molar refractivity (Wildman–Crippen MR) is 232 cm³/mol. The lowest BCUT2D eigenvalue weighted by Crippen LogP contribution is -2.65. The second-order valence-electron chi connectivity index (χ2n) is 15.4. The van der Waals surface area contributed by atoms with E-state index in [1.165, 1.54) is 0 Å². The Kier molecular flexibility index (Phi) is 18.9. The Morgan fingerprint density at radius 2 is 1.17 bits per heavy atom. The van der Waals surface area contributed by atoms with Gasteiger partial charge in [-0.2, -0.15) is 0 Å². The fraction of sp³-hybridized carbons (Fsp3) is 0.435. The number of carbonyl (C=O) groups is 2. The summed E-state index contributed by atoms with van der Waals surface area (Å²) in [6, 6.07) is 34.2. The van der Waals surface area contributed by atoms with Crippen LogP contribution < -0.4 is 0 Å². The molecular weight excluding hydrogens is 843 g/mol. The lowest BCUT2D eigenvalue weighted by atomic mass is 9.94. The van der Waals surface area contributed by atoms with E-state index in [1.807, 2.05) is 72.8 Å². The first-order chi connectivity index (χ1) is 31.8. The highest BCUT2D eigenvalue weighted by molar-refractivity contribution is 5.73. The molecule has 4 aromatic rings. The van der Waals surface area contributed by atoms with E-state index in [-0.39, 0.29) is 26.4 Å². The zero-order valence-electron chi connectivity index (χ0n) is 35.5. The Morgan fingerprint density at radius 1 is 0.646 bits per heavy atom. The van der Waals surface area contributed by atoms with Crippen LogP contribution in [0, 0.1) is 0 Å². The van der Waals surface area contributed by atoms with E-state index >= 15 is 0 Å². The monoisotopic (exact) mass is 895 g/mol. The lowest BCUT2D eigenvalue weighted by molar-refractivity contribution is -0.330. The molecule has 0 aliphatic carbocycles. The molecule has 0 unspecified atom stereocenters. The van der Waals surface area contributed by atoms with E-state index in [0.29, 0.717) is 37.9 Å². The molecule has 2 fully saturated rings. The molecule has 0 aromatic heterocycles. The molecule has 0 saturated carbocycles. The number of aliphatic carboxylic acids is 1. The Bertz CT molecular complexity index is 2150. The SMILES string of the molecule is [N-]=[N+]=N[C@H]1[C@@H](OCCCCCN(Cc2ccccc2)C(=O)OCc2ccccc2)O[C@H](C(=O)O)[C@H](O[C@H]2O[C@H](CO)[C@H](O)[C@H](OCc3ccccc3)[C@H]2N=[N+]=[N-])[C@@H]1OCc1ccccc1. The van der Waals surface area contributed by atoms with Crippen LogP contribution >= 0.6 is 0 Å². The van der Waals surface area contributed by atoms with Crippen molar-refractivity contribution in [1.29, 1.82) is 0 Å². The van der Waals surface area contributed by atoms with Crippen LogP contribution in [-0.4, -0.2) is 113 Å². The van der Waals surface area contributed by atoms with Crippen LogP contribution in [0.3, 0.4) is 0 Å². The molecule has 6 rings (SSSR count). The van der Waals surface area contributed by atoms with Crippen molar-refractivity contribution in [1.82, 2.24) is 4.90 Å². The molecule has 2 heterocycles. The summed E-state index contributed by atoms with van der Waals surface area (Å²) < 4.78 is 42.4. The fourth-order valence-electron chi connectivity index (χ4n) is 7.54.